The predicted octanol–water partition coefficient (Wildman–Crippen LogP) is 8.25. The lowest BCUT2D eigenvalue weighted by Gasteiger charge is -2.15. The summed E-state index contributed by atoms with van der Waals surface area (Å²) in [6, 6.07) is 18.0. The minimum absolute atomic E-state index is 1.04. The number of aryl methyl sites for hydroxylation is 3. The third kappa shape index (κ3) is 3.65. The van der Waals surface area contributed by atoms with Gasteiger partial charge in [-0.15, -0.1) is 34.0 Å². The van der Waals surface area contributed by atoms with E-state index < -0.39 is 0 Å². The van der Waals surface area contributed by atoms with Gasteiger partial charge in [-0.05, 0) is 74.9 Å². The fourth-order valence-corrected chi connectivity index (χ4v) is 6.36. The highest BCUT2D eigenvalue weighted by molar-refractivity contribution is 7.17. The Morgan fingerprint density at radius 3 is 1.47 bits per heavy atom. The largest absolute Gasteiger partial charge is 0.244 e. The van der Waals surface area contributed by atoms with Crippen LogP contribution in [0.5, 0.6) is 0 Å². The fourth-order valence-electron chi connectivity index (χ4n) is 3.64. The third-order valence-electron chi connectivity index (χ3n) is 5.03. The summed E-state index contributed by atoms with van der Waals surface area (Å²) < 4.78 is 0. The molecule has 0 aliphatic carbocycles. The number of rotatable bonds is 4. The summed E-state index contributed by atoms with van der Waals surface area (Å²) in [6.07, 6.45) is 5.37. The van der Waals surface area contributed by atoms with Crippen LogP contribution in [0.4, 0.5) is 0 Å². The van der Waals surface area contributed by atoms with Gasteiger partial charge in [-0.25, -0.2) is 9.97 Å². The Balaban J connectivity index is 1.86. The molecule has 0 aliphatic rings. The van der Waals surface area contributed by atoms with E-state index in [1.54, 1.807) is 6.33 Å². The molecule has 148 valence electrons. The van der Waals surface area contributed by atoms with Crippen LogP contribution in [-0.4, -0.2) is 9.97 Å². The molecule has 0 fully saturated rings. The normalized spacial score (nSPS) is 11.2. The molecule has 0 amide bonds. The summed E-state index contributed by atoms with van der Waals surface area (Å²) in [5.74, 6) is 0. The summed E-state index contributed by atoms with van der Waals surface area (Å²) in [5, 5.41) is 0. The molecule has 0 saturated carbocycles. The number of hydrogen-bond donors (Lipinski definition) is 0. The van der Waals surface area contributed by atoms with E-state index in [0.717, 1.165) is 11.1 Å². The maximum atomic E-state index is 4.25. The van der Waals surface area contributed by atoms with Crippen molar-refractivity contribution >= 4 is 34.0 Å². The third-order valence-corrected chi connectivity index (χ3v) is 8.12. The standard InChI is InChI=1S/C25H20N2S3/c1-15-4-7-22(28-15)20-10-18(19-12-26-14-27-13-19)11-21(23-8-5-16(2)29-23)25(20)24-9-6-17(3)30-24/h4-14H,1-3H3. The van der Waals surface area contributed by atoms with E-state index in [-0.39, 0.29) is 0 Å². The molecule has 0 atom stereocenters. The fraction of sp³-hybridized carbons (Fsp3) is 0.120. The minimum Gasteiger partial charge on any atom is -0.244 e. The second-order valence-electron chi connectivity index (χ2n) is 7.30. The van der Waals surface area contributed by atoms with Crippen molar-refractivity contribution in [2.24, 2.45) is 0 Å². The summed E-state index contributed by atoms with van der Waals surface area (Å²) in [5.41, 5.74) is 6.05. The maximum absolute atomic E-state index is 4.25. The molecule has 0 bridgehead atoms. The molecule has 5 rings (SSSR count). The van der Waals surface area contributed by atoms with Crippen LogP contribution in [-0.2, 0) is 0 Å². The van der Waals surface area contributed by atoms with Crippen LogP contribution in [0.25, 0.3) is 42.4 Å². The van der Waals surface area contributed by atoms with Crippen molar-refractivity contribution in [3.63, 3.8) is 0 Å². The predicted molar refractivity (Wildman–Crippen MR) is 132 cm³/mol. The maximum Gasteiger partial charge on any atom is 0.115 e. The first kappa shape index (κ1) is 19.4. The van der Waals surface area contributed by atoms with E-state index in [0.29, 0.717) is 0 Å². The molecular formula is C25H20N2S3. The molecule has 0 N–H and O–H groups in total. The first-order chi connectivity index (χ1) is 14.6. The first-order valence-electron chi connectivity index (χ1n) is 9.72. The van der Waals surface area contributed by atoms with Gasteiger partial charge in [0.25, 0.3) is 0 Å². The minimum atomic E-state index is 1.04. The van der Waals surface area contributed by atoms with E-state index in [1.165, 1.54) is 46.0 Å². The van der Waals surface area contributed by atoms with Crippen molar-refractivity contribution in [1.29, 1.82) is 0 Å². The van der Waals surface area contributed by atoms with Crippen LogP contribution < -0.4 is 0 Å². The zero-order valence-electron chi connectivity index (χ0n) is 17.0. The van der Waals surface area contributed by atoms with Crippen molar-refractivity contribution < 1.29 is 0 Å². The molecule has 0 spiro atoms. The van der Waals surface area contributed by atoms with Crippen LogP contribution in [0.1, 0.15) is 14.6 Å². The van der Waals surface area contributed by atoms with Gasteiger partial charge < -0.3 is 0 Å². The quantitative estimate of drug-likeness (QED) is 0.279. The summed E-state index contributed by atoms with van der Waals surface area (Å²) in [6.45, 7) is 6.51. The van der Waals surface area contributed by atoms with Crippen molar-refractivity contribution in [1.82, 2.24) is 9.97 Å². The highest BCUT2D eigenvalue weighted by Crippen LogP contribution is 2.47. The first-order valence-corrected chi connectivity index (χ1v) is 12.2. The van der Waals surface area contributed by atoms with Gasteiger partial charge in [-0.2, -0.15) is 0 Å². The molecular weight excluding hydrogens is 424 g/mol. The Labute approximate surface area is 188 Å². The molecule has 5 heteroatoms. The lowest BCUT2D eigenvalue weighted by atomic mass is 9.92. The monoisotopic (exact) mass is 444 g/mol. The smallest absolute Gasteiger partial charge is 0.115 e. The number of benzene rings is 1. The zero-order valence-corrected chi connectivity index (χ0v) is 19.4. The Morgan fingerprint density at radius 1 is 0.567 bits per heavy atom. The molecule has 4 aromatic heterocycles. The van der Waals surface area contributed by atoms with Crippen molar-refractivity contribution in [3.05, 3.63) is 81.9 Å². The topological polar surface area (TPSA) is 25.8 Å². The molecule has 0 aliphatic heterocycles. The van der Waals surface area contributed by atoms with Gasteiger partial charge in [0.2, 0.25) is 0 Å². The van der Waals surface area contributed by atoms with Crippen molar-refractivity contribution in [2.75, 3.05) is 0 Å². The van der Waals surface area contributed by atoms with E-state index in [1.807, 2.05) is 46.4 Å². The summed E-state index contributed by atoms with van der Waals surface area (Å²) in [4.78, 5) is 16.4. The van der Waals surface area contributed by atoms with Gasteiger partial charge in [-0.1, -0.05) is 0 Å². The lowest BCUT2D eigenvalue weighted by Crippen LogP contribution is -1.90. The molecule has 5 aromatic rings. The lowest BCUT2D eigenvalue weighted by molar-refractivity contribution is 1.17. The summed E-state index contributed by atoms with van der Waals surface area (Å²) in [7, 11) is 0. The Bertz CT molecular complexity index is 1260. The zero-order chi connectivity index (χ0) is 20.7. The number of nitrogens with zero attached hydrogens (tertiary/aromatic N) is 2. The number of aromatic nitrogens is 2. The average molecular weight is 445 g/mol. The van der Waals surface area contributed by atoms with Gasteiger partial charge in [0, 0.05) is 63.9 Å². The van der Waals surface area contributed by atoms with Crippen molar-refractivity contribution in [3.8, 4) is 42.4 Å². The molecule has 0 radical (unpaired) electrons. The van der Waals surface area contributed by atoms with Crippen LogP contribution in [0, 0.1) is 20.8 Å². The van der Waals surface area contributed by atoms with Crippen LogP contribution >= 0.6 is 34.0 Å². The highest BCUT2D eigenvalue weighted by atomic mass is 32.1. The van der Waals surface area contributed by atoms with E-state index >= 15 is 0 Å². The van der Waals surface area contributed by atoms with Crippen LogP contribution in [0.15, 0.2) is 67.3 Å². The van der Waals surface area contributed by atoms with Gasteiger partial charge in [0.05, 0.1) is 0 Å². The molecule has 4 heterocycles. The Kier molecular flexibility index (Phi) is 5.11. The average Bonchev–Trinajstić information content (AvgIpc) is 3.49. The highest BCUT2D eigenvalue weighted by Gasteiger charge is 2.20. The second-order valence-corrected chi connectivity index (χ2v) is 11.2. The van der Waals surface area contributed by atoms with Gasteiger partial charge in [0.1, 0.15) is 6.33 Å². The summed E-state index contributed by atoms with van der Waals surface area (Å²) >= 11 is 5.55. The number of hydrogen-bond acceptors (Lipinski definition) is 5. The van der Waals surface area contributed by atoms with Crippen LogP contribution in [0.2, 0.25) is 0 Å². The Hall–Kier alpha value is -2.60. The van der Waals surface area contributed by atoms with Crippen LogP contribution in [0.3, 0.4) is 0 Å². The van der Waals surface area contributed by atoms with Gasteiger partial charge in [-0.3, -0.25) is 0 Å². The van der Waals surface area contributed by atoms with Gasteiger partial charge in [0.15, 0.2) is 0 Å². The molecule has 1 aromatic carbocycles. The number of thiophene rings is 3. The SMILES string of the molecule is Cc1ccc(-c2cc(-c3cncnc3)cc(-c3ccc(C)s3)c2-c2ccc(C)s2)s1. The van der Waals surface area contributed by atoms with Crippen molar-refractivity contribution in [2.45, 2.75) is 20.8 Å². The second kappa shape index (κ2) is 7.91. The van der Waals surface area contributed by atoms with E-state index in [4.69, 9.17) is 0 Å². The van der Waals surface area contributed by atoms with E-state index in [2.05, 4.69) is 79.3 Å². The molecule has 0 saturated heterocycles. The van der Waals surface area contributed by atoms with Gasteiger partial charge >= 0.3 is 0 Å². The van der Waals surface area contributed by atoms with E-state index in [9.17, 15) is 0 Å². The molecule has 30 heavy (non-hydrogen) atoms. The molecule has 2 nitrogen and oxygen atoms in total. The Morgan fingerprint density at radius 2 is 1.03 bits per heavy atom. The molecule has 0 unspecified atom stereocenters.